The molecule has 2 aromatic carbocycles. The molecule has 3 aromatic rings. The van der Waals surface area contributed by atoms with Gasteiger partial charge in [0.1, 0.15) is 11.9 Å². The van der Waals surface area contributed by atoms with E-state index in [2.05, 4.69) is 22.5 Å². The van der Waals surface area contributed by atoms with E-state index in [1.54, 1.807) is 36.4 Å². The molecule has 2 saturated heterocycles. The third-order valence-corrected chi connectivity index (χ3v) is 10.8. The van der Waals surface area contributed by atoms with Crippen molar-refractivity contribution in [2.24, 2.45) is 0 Å². The van der Waals surface area contributed by atoms with E-state index in [4.69, 9.17) is 14.3 Å². The monoisotopic (exact) mass is 624 g/mol. The predicted octanol–water partition coefficient (Wildman–Crippen LogP) is 5.74. The highest BCUT2D eigenvalue weighted by molar-refractivity contribution is 7.93. The van der Waals surface area contributed by atoms with E-state index in [0.29, 0.717) is 49.9 Å². The van der Waals surface area contributed by atoms with Gasteiger partial charge in [-0.2, -0.15) is 13.2 Å². The number of thiophene rings is 1. The molecule has 0 spiro atoms. The minimum Gasteiger partial charge on any atom is -0.495 e. The van der Waals surface area contributed by atoms with Crippen molar-refractivity contribution >= 4 is 42.5 Å². The summed E-state index contributed by atoms with van der Waals surface area (Å²) in [4.78, 5) is 2.56. The normalized spacial score (nSPS) is 21.2. The molecule has 1 aromatic heterocycles. The van der Waals surface area contributed by atoms with Crippen molar-refractivity contribution in [1.29, 1.82) is 4.78 Å². The fourth-order valence-corrected chi connectivity index (χ4v) is 7.73. The third kappa shape index (κ3) is 6.62. The zero-order chi connectivity index (χ0) is 30.1. The Morgan fingerprint density at radius 3 is 2.69 bits per heavy atom. The van der Waals surface area contributed by atoms with Gasteiger partial charge in [-0.3, -0.25) is 0 Å². The van der Waals surface area contributed by atoms with Crippen LogP contribution in [0.15, 0.2) is 41.3 Å². The maximum Gasteiger partial charge on any atom is 0.393 e. The van der Waals surface area contributed by atoms with E-state index < -0.39 is 34.5 Å². The lowest BCUT2D eigenvalue weighted by atomic mass is 10.0. The second-order valence-electron chi connectivity index (χ2n) is 10.5. The minimum absolute atomic E-state index is 0.103. The maximum absolute atomic E-state index is 14.7. The van der Waals surface area contributed by atoms with Gasteiger partial charge in [0.05, 0.1) is 80.2 Å². The molecule has 0 bridgehead atoms. The molecule has 7 nitrogen and oxygen atoms in total. The van der Waals surface area contributed by atoms with Gasteiger partial charge in [0, 0.05) is 13.1 Å². The number of hydrogen-bond donors (Lipinski definition) is 3. The van der Waals surface area contributed by atoms with Gasteiger partial charge in [-0.1, -0.05) is 24.0 Å². The van der Waals surface area contributed by atoms with Crippen molar-refractivity contribution < 1.29 is 31.2 Å². The van der Waals surface area contributed by atoms with Crippen molar-refractivity contribution in [2.45, 2.75) is 41.4 Å². The van der Waals surface area contributed by atoms with E-state index in [9.17, 15) is 21.8 Å². The zero-order valence-electron chi connectivity index (χ0n) is 23.1. The molecule has 0 radical (unpaired) electrons. The van der Waals surface area contributed by atoms with Crippen molar-refractivity contribution in [3.63, 3.8) is 0 Å². The number of nitrogens with zero attached hydrogens (tertiary/aromatic N) is 1. The second kappa shape index (κ2) is 12.3. The summed E-state index contributed by atoms with van der Waals surface area (Å²) in [6.07, 6.45) is -6.06. The highest BCUT2D eigenvalue weighted by Gasteiger charge is 2.33. The van der Waals surface area contributed by atoms with Crippen LogP contribution in [0.5, 0.6) is 5.75 Å². The highest BCUT2D eigenvalue weighted by Crippen LogP contribution is 2.39. The number of fused-ring (bicyclic) bond motifs is 1. The molecule has 0 aliphatic carbocycles. The van der Waals surface area contributed by atoms with Crippen LogP contribution >= 0.6 is 11.3 Å². The largest absolute Gasteiger partial charge is 0.495 e. The number of piperidine rings is 1. The van der Waals surface area contributed by atoms with Gasteiger partial charge in [0.2, 0.25) is 0 Å². The zero-order valence-corrected chi connectivity index (χ0v) is 24.8. The molecule has 0 amide bonds. The molecule has 3 atom stereocenters. The molecule has 3 heterocycles. The highest BCUT2D eigenvalue weighted by atomic mass is 32.2. The SMILES string of the molecule is COc1cc(S(=N)(=O)C2COC2)ccc1NCC#Cc1sc2c(NC3CCN(C)CC3F)cccc2c1CC(F)(F)F. The van der Waals surface area contributed by atoms with Gasteiger partial charge in [-0.25, -0.2) is 13.4 Å². The Labute approximate surface area is 246 Å². The van der Waals surface area contributed by atoms with Crippen LogP contribution in [0.4, 0.5) is 28.9 Å². The average molecular weight is 625 g/mol. The first-order valence-corrected chi connectivity index (χ1v) is 15.9. The van der Waals surface area contributed by atoms with Gasteiger partial charge in [0.25, 0.3) is 0 Å². The van der Waals surface area contributed by atoms with Crippen LogP contribution in [0, 0.1) is 16.6 Å². The first kappa shape index (κ1) is 30.4. The molecule has 3 N–H and O–H groups in total. The summed E-state index contributed by atoms with van der Waals surface area (Å²) in [5.41, 5.74) is 1.26. The molecule has 2 aliphatic heterocycles. The van der Waals surface area contributed by atoms with Crippen molar-refractivity contribution in [2.75, 3.05) is 57.6 Å². The number of ether oxygens (including phenoxy) is 2. The molecular weight excluding hydrogens is 592 g/mol. The Morgan fingerprint density at radius 1 is 1.24 bits per heavy atom. The molecule has 13 heteroatoms. The number of hydrogen-bond acceptors (Lipinski definition) is 8. The van der Waals surface area contributed by atoms with Crippen LogP contribution in [0.3, 0.4) is 0 Å². The molecule has 3 unspecified atom stereocenters. The lowest BCUT2D eigenvalue weighted by Crippen LogP contribution is -2.46. The van der Waals surface area contributed by atoms with Crippen molar-refractivity contribution in [3.05, 3.63) is 46.8 Å². The van der Waals surface area contributed by atoms with E-state index >= 15 is 0 Å². The number of halogens is 4. The summed E-state index contributed by atoms with van der Waals surface area (Å²) in [5, 5.41) is 6.42. The fraction of sp³-hybridized carbons (Fsp3) is 0.448. The van der Waals surface area contributed by atoms with Crippen molar-refractivity contribution in [1.82, 2.24) is 4.90 Å². The van der Waals surface area contributed by atoms with E-state index in [1.807, 2.05) is 11.9 Å². The summed E-state index contributed by atoms with van der Waals surface area (Å²) in [6, 6.07) is 9.47. The number of rotatable bonds is 8. The van der Waals surface area contributed by atoms with E-state index in [0.717, 1.165) is 6.54 Å². The number of alkyl halides is 4. The molecule has 2 fully saturated rings. The van der Waals surface area contributed by atoms with E-state index in [1.165, 1.54) is 18.4 Å². The van der Waals surface area contributed by atoms with Crippen LogP contribution in [0.25, 0.3) is 10.1 Å². The van der Waals surface area contributed by atoms with Gasteiger partial charge >= 0.3 is 6.18 Å². The number of methoxy groups -OCH3 is 1. The third-order valence-electron chi connectivity index (χ3n) is 7.45. The van der Waals surface area contributed by atoms with Crippen LogP contribution in [0.1, 0.15) is 16.9 Å². The van der Waals surface area contributed by atoms with Crippen LogP contribution < -0.4 is 15.4 Å². The lowest BCUT2D eigenvalue weighted by molar-refractivity contribution is -0.126. The number of nitrogens with one attached hydrogen (secondary N) is 3. The summed E-state index contributed by atoms with van der Waals surface area (Å²) in [7, 11) is 0.272. The second-order valence-corrected chi connectivity index (χ2v) is 13.8. The summed E-state index contributed by atoms with van der Waals surface area (Å²) >= 11 is 1.17. The summed E-state index contributed by atoms with van der Waals surface area (Å²) in [5.74, 6) is 6.20. The molecule has 42 heavy (non-hydrogen) atoms. The Kier molecular flexibility index (Phi) is 8.89. The predicted molar refractivity (Wildman–Crippen MR) is 158 cm³/mol. The minimum atomic E-state index is -4.43. The smallest absolute Gasteiger partial charge is 0.393 e. The Bertz CT molecular complexity index is 1610. The summed E-state index contributed by atoms with van der Waals surface area (Å²) < 4.78 is 87.8. The standard InChI is InChI=1S/C29H32F4N4O3S2/c1-37-12-10-23(22(30)15-37)36-25-6-3-5-20-21(14-29(31,32)33)27(41-28(20)25)7-4-11-35-24-9-8-18(13-26(24)39-2)42(34,38)19-16-40-17-19/h3,5-6,8-9,13,19,22-23,34-36H,10-12,14-17H2,1-2H3. The van der Waals surface area contributed by atoms with Crippen LogP contribution in [0.2, 0.25) is 0 Å². The topological polar surface area (TPSA) is 86.7 Å². The number of likely N-dealkylation sites (tertiary alicyclic amines) is 1. The Balaban J connectivity index is 1.37. The van der Waals surface area contributed by atoms with Gasteiger partial charge in [-0.15, -0.1) is 11.3 Å². The summed E-state index contributed by atoms with van der Waals surface area (Å²) in [6.45, 7) is 1.69. The molecule has 2 aliphatic rings. The van der Waals surface area contributed by atoms with Crippen LogP contribution in [-0.4, -0.2) is 79.8 Å². The number of anilines is 2. The lowest BCUT2D eigenvalue weighted by Gasteiger charge is -2.33. The Hall–Kier alpha value is -3.05. The number of benzene rings is 2. The van der Waals surface area contributed by atoms with E-state index in [-0.39, 0.29) is 30.6 Å². The van der Waals surface area contributed by atoms with Gasteiger partial charge in [-0.05, 0) is 48.7 Å². The fourth-order valence-electron chi connectivity index (χ4n) is 5.05. The first-order chi connectivity index (χ1) is 20.0. The molecule has 5 rings (SSSR count). The van der Waals surface area contributed by atoms with Crippen molar-refractivity contribution in [3.8, 4) is 17.6 Å². The first-order valence-electron chi connectivity index (χ1n) is 13.4. The molecular formula is C29H32F4N4O3S2. The average Bonchev–Trinajstić information content (AvgIpc) is 3.23. The quantitative estimate of drug-likeness (QED) is 0.219. The maximum atomic E-state index is 14.7. The molecule has 0 saturated carbocycles. The van der Waals surface area contributed by atoms with Gasteiger partial charge < -0.3 is 25.0 Å². The Morgan fingerprint density at radius 2 is 2.02 bits per heavy atom. The molecule has 226 valence electrons. The van der Waals surface area contributed by atoms with Gasteiger partial charge in [0.15, 0.2) is 0 Å². The van der Waals surface area contributed by atoms with Crippen LogP contribution in [-0.2, 0) is 20.9 Å².